The van der Waals surface area contributed by atoms with Gasteiger partial charge in [0.25, 0.3) is 5.89 Å². The number of para-hydroxylation sites is 1. The van der Waals surface area contributed by atoms with E-state index in [1.807, 2.05) is 61.2 Å². The van der Waals surface area contributed by atoms with Crippen molar-refractivity contribution >= 4 is 11.6 Å². The van der Waals surface area contributed by atoms with Gasteiger partial charge in [0.2, 0.25) is 5.91 Å². The van der Waals surface area contributed by atoms with Crippen molar-refractivity contribution in [3.8, 4) is 17.2 Å². The number of hydrogen-bond donors (Lipinski definition) is 0. The fourth-order valence-electron chi connectivity index (χ4n) is 3.87. The molecule has 1 atom stereocenters. The first-order valence-corrected chi connectivity index (χ1v) is 10.5. The third-order valence-corrected chi connectivity index (χ3v) is 5.51. The predicted molar refractivity (Wildman–Crippen MR) is 116 cm³/mol. The summed E-state index contributed by atoms with van der Waals surface area (Å²) in [6.07, 6.45) is 2.53. The average Bonchev–Trinajstić information content (AvgIpc) is 3.36. The fraction of sp³-hybridized carbons (Fsp3) is 0.375. The lowest BCUT2D eigenvalue weighted by molar-refractivity contribution is -0.117. The van der Waals surface area contributed by atoms with Gasteiger partial charge in [0, 0.05) is 30.1 Å². The second-order valence-corrected chi connectivity index (χ2v) is 7.83. The zero-order chi connectivity index (χ0) is 21.1. The predicted octanol–water partition coefficient (Wildman–Crippen LogP) is 5.05. The maximum absolute atomic E-state index is 12.7. The van der Waals surface area contributed by atoms with Gasteiger partial charge in [-0.15, -0.1) is 0 Å². The highest BCUT2D eigenvalue weighted by molar-refractivity contribution is 5.97. The van der Waals surface area contributed by atoms with Crippen LogP contribution < -0.4 is 9.64 Å². The number of carbonyl (C=O) groups excluding carboxylic acids is 1. The van der Waals surface area contributed by atoms with Gasteiger partial charge in [-0.3, -0.25) is 4.79 Å². The van der Waals surface area contributed by atoms with Crippen molar-refractivity contribution in [2.45, 2.75) is 46.0 Å². The Bertz CT molecular complexity index is 1010. The summed E-state index contributed by atoms with van der Waals surface area (Å²) in [5.41, 5.74) is 4.03. The van der Waals surface area contributed by atoms with Gasteiger partial charge in [-0.25, -0.2) is 0 Å². The Balaban J connectivity index is 1.47. The molecule has 1 aliphatic heterocycles. The van der Waals surface area contributed by atoms with E-state index in [1.165, 1.54) is 0 Å². The van der Waals surface area contributed by atoms with E-state index in [9.17, 15) is 4.79 Å². The third kappa shape index (κ3) is 4.08. The van der Waals surface area contributed by atoms with Crippen LogP contribution in [-0.4, -0.2) is 29.2 Å². The average molecular weight is 405 g/mol. The van der Waals surface area contributed by atoms with Crippen LogP contribution in [0.15, 0.2) is 47.0 Å². The molecule has 4 rings (SSSR count). The number of benzene rings is 2. The lowest BCUT2D eigenvalue weighted by Gasteiger charge is -2.21. The Morgan fingerprint density at radius 2 is 1.87 bits per heavy atom. The summed E-state index contributed by atoms with van der Waals surface area (Å²) >= 11 is 0. The van der Waals surface area contributed by atoms with E-state index in [2.05, 4.69) is 17.1 Å². The first kappa shape index (κ1) is 20.1. The van der Waals surface area contributed by atoms with Gasteiger partial charge < -0.3 is 14.2 Å². The van der Waals surface area contributed by atoms with Crippen molar-refractivity contribution in [2.24, 2.45) is 0 Å². The minimum Gasteiger partial charge on any atom is -0.494 e. The maximum atomic E-state index is 12.7. The summed E-state index contributed by atoms with van der Waals surface area (Å²) in [5.74, 6) is 1.89. The number of aryl methyl sites for hydroxylation is 2. The van der Waals surface area contributed by atoms with Gasteiger partial charge in [-0.1, -0.05) is 36.7 Å². The largest absolute Gasteiger partial charge is 0.494 e. The summed E-state index contributed by atoms with van der Waals surface area (Å²) in [6, 6.07) is 13.7. The van der Waals surface area contributed by atoms with Crippen LogP contribution in [0.5, 0.6) is 5.75 Å². The van der Waals surface area contributed by atoms with E-state index in [0.717, 1.165) is 41.0 Å². The number of nitrogens with zero attached hydrogens (tertiary/aromatic N) is 3. The number of ether oxygens (including phenoxy) is 1. The molecule has 1 saturated heterocycles. The van der Waals surface area contributed by atoms with E-state index in [0.29, 0.717) is 31.3 Å². The molecule has 0 saturated carbocycles. The first-order chi connectivity index (χ1) is 14.6. The molecular weight excluding hydrogens is 378 g/mol. The summed E-state index contributed by atoms with van der Waals surface area (Å²) in [7, 11) is 0. The molecule has 0 spiro atoms. The topological polar surface area (TPSA) is 68.5 Å². The zero-order valence-electron chi connectivity index (χ0n) is 17.7. The molecule has 0 bridgehead atoms. The summed E-state index contributed by atoms with van der Waals surface area (Å²) in [4.78, 5) is 19.1. The molecule has 3 aromatic rings. The summed E-state index contributed by atoms with van der Waals surface area (Å²) in [5, 5.41) is 4.17. The molecule has 1 fully saturated rings. The van der Waals surface area contributed by atoms with Crippen molar-refractivity contribution in [1.29, 1.82) is 0 Å². The van der Waals surface area contributed by atoms with E-state index in [-0.39, 0.29) is 11.8 Å². The zero-order valence-corrected chi connectivity index (χ0v) is 17.7. The second kappa shape index (κ2) is 8.69. The molecule has 156 valence electrons. The molecule has 1 aromatic heterocycles. The number of amides is 1. The number of aromatic nitrogens is 2. The monoisotopic (exact) mass is 405 g/mol. The Morgan fingerprint density at radius 3 is 2.57 bits per heavy atom. The second-order valence-electron chi connectivity index (χ2n) is 7.83. The first-order valence-electron chi connectivity index (χ1n) is 10.5. The molecular formula is C24H27N3O3. The van der Waals surface area contributed by atoms with Crippen molar-refractivity contribution in [3.63, 3.8) is 0 Å². The van der Waals surface area contributed by atoms with Crippen LogP contribution in [0.2, 0.25) is 0 Å². The molecule has 30 heavy (non-hydrogen) atoms. The van der Waals surface area contributed by atoms with Crippen LogP contribution in [0.3, 0.4) is 0 Å². The molecule has 1 aliphatic rings. The molecule has 6 nitrogen and oxygen atoms in total. The van der Waals surface area contributed by atoms with E-state index < -0.39 is 0 Å². The van der Waals surface area contributed by atoms with Crippen molar-refractivity contribution < 1.29 is 14.1 Å². The minimum atomic E-state index is -0.0781. The Labute approximate surface area is 176 Å². The van der Waals surface area contributed by atoms with E-state index in [4.69, 9.17) is 9.26 Å². The molecule has 0 radical (unpaired) electrons. The summed E-state index contributed by atoms with van der Waals surface area (Å²) < 4.78 is 11.2. The van der Waals surface area contributed by atoms with Gasteiger partial charge in [0.15, 0.2) is 5.82 Å². The van der Waals surface area contributed by atoms with Gasteiger partial charge in [0.05, 0.1) is 6.61 Å². The van der Waals surface area contributed by atoms with E-state index >= 15 is 0 Å². The van der Waals surface area contributed by atoms with Crippen LogP contribution >= 0.6 is 0 Å². The molecule has 0 aliphatic carbocycles. The van der Waals surface area contributed by atoms with Crippen molar-refractivity contribution in [1.82, 2.24) is 10.1 Å². The Kier molecular flexibility index (Phi) is 5.84. The number of rotatable bonds is 7. The molecule has 2 aromatic carbocycles. The van der Waals surface area contributed by atoms with Gasteiger partial charge in [-0.2, -0.15) is 4.98 Å². The number of unbranched alkanes of at least 4 members (excludes halogenated alkanes) is 1. The van der Waals surface area contributed by atoms with E-state index in [1.54, 1.807) is 0 Å². The third-order valence-electron chi connectivity index (χ3n) is 5.51. The van der Waals surface area contributed by atoms with Gasteiger partial charge in [0.1, 0.15) is 5.75 Å². The standard InChI is InChI=1S/C24H27N3O3/c1-4-5-13-29-20-11-9-18(10-12-20)24-25-23(26-30-24)19-14-21(28)27(15-19)22-16(2)7-6-8-17(22)3/h6-12,19H,4-5,13-15H2,1-3H3. The molecule has 1 amide bonds. The molecule has 0 N–H and O–H groups in total. The lowest BCUT2D eigenvalue weighted by Crippen LogP contribution is -2.26. The normalized spacial score (nSPS) is 16.3. The Morgan fingerprint density at radius 1 is 1.13 bits per heavy atom. The molecule has 1 unspecified atom stereocenters. The maximum Gasteiger partial charge on any atom is 0.257 e. The number of hydrogen-bond acceptors (Lipinski definition) is 5. The molecule has 6 heteroatoms. The quantitative estimate of drug-likeness (QED) is 0.514. The summed E-state index contributed by atoms with van der Waals surface area (Å²) in [6.45, 7) is 7.48. The highest BCUT2D eigenvalue weighted by Crippen LogP contribution is 2.34. The fourth-order valence-corrected chi connectivity index (χ4v) is 3.87. The SMILES string of the molecule is CCCCOc1ccc(-c2nc(C3CC(=O)N(c4c(C)cccc4C)C3)no2)cc1. The van der Waals surface area contributed by atoms with Crippen LogP contribution in [0.1, 0.15) is 49.1 Å². The van der Waals surface area contributed by atoms with Crippen molar-refractivity contribution in [2.75, 3.05) is 18.1 Å². The van der Waals surface area contributed by atoms with Gasteiger partial charge in [-0.05, 0) is 55.7 Å². The Hall–Kier alpha value is -3.15. The number of anilines is 1. The number of carbonyl (C=O) groups is 1. The smallest absolute Gasteiger partial charge is 0.257 e. The van der Waals surface area contributed by atoms with Crippen LogP contribution in [-0.2, 0) is 4.79 Å². The highest BCUT2D eigenvalue weighted by atomic mass is 16.5. The van der Waals surface area contributed by atoms with Gasteiger partial charge >= 0.3 is 0 Å². The minimum absolute atomic E-state index is 0.0781. The highest BCUT2D eigenvalue weighted by Gasteiger charge is 2.35. The molecule has 2 heterocycles. The lowest BCUT2D eigenvalue weighted by atomic mass is 10.1. The van der Waals surface area contributed by atoms with Crippen LogP contribution in [0, 0.1) is 13.8 Å². The van der Waals surface area contributed by atoms with Crippen LogP contribution in [0.25, 0.3) is 11.5 Å². The van der Waals surface area contributed by atoms with Crippen LogP contribution in [0.4, 0.5) is 5.69 Å². The van der Waals surface area contributed by atoms with Crippen molar-refractivity contribution in [3.05, 3.63) is 59.4 Å².